The van der Waals surface area contributed by atoms with Crippen molar-refractivity contribution >= 4 is 35.5 Å². The summed E-state index contributed by atoms with van der Waals surface area (Å²) in [6, 6.07) is 6.69. The maximum absolute atomic E-state index is 12.3. The number of aryl methyl sites for hydroxylation is 1. The van der Waals surface area contributed by atoms with Crippen LogP contribution in [0.25, 0.3) is 0 Å². The number of unbranched alkanes of at least 4 members (excludes halogenated alkanes) is 2. The van der Waals surface area contributed by atoms with Crippen LogP contribution in [0.15, 0.2) is 28.7 Å². The van der Waals surface area contributed by atoms with Gasteiger partial charge in [-0.3, -0.25) is 29.4 Å². The van der Waals surface area contributed by atoms with Gasteiger partial charge in [-0.15, -0.1) is 0 Å². The number of anilines is 1. The van der Waals surface area contributed by atoms with Gasteiger partial charge in [0.1, 0.15) is 16.9 Å². The summed E-state index contributed by atoms with van der Waals surface area (Å²) < 4.78 is 10.3. The zero-order valence-electron chi connectivity index (χ0n) is 18.4. The van der Waals surface area contributed by atoms with E-state index in [1.807, 2.05) is 0 Å². The van der Waals surface area contributed by atoms with Crippen molar-refractivity contribution in [1.29, 1.82) is 0 Å². The van der Waals surface area contributed by atoms with Crippen LogP contribution < -0.4 is 11.1 Å². The van der Waals surface area contributed by atoms with Gasteiger partial charge in [0.2, 0.25) is 11.8 Å². The van der Waals surface area contributed by atoms with Crippen LogP contribution in [0.1, 0.15) is 79.8 Å². The van der Waals surface area contributed by atoms with Crippen molar-refractivity contribution in [3.05, 3.63) is 52.3 Å². The van der Waals surface area contributed by atoms with E-state index in [4.69, 9.17) is 14.9 Å². The Morgan fingerprint density at radius 1 is 1.03 bits per heavy atom. The SMILES string of the molecule is CCOC(=O)c1c(C)oc(NC(=O)CCCCCN2C(=O)c3ccccc3C2=O)c1C(N)=O. The minimum Gasteiger partial charge on any atom is -0.462 e. The van der Waals surface area contributed by atoms with Crippen LogP contribution in [0, 0.1) is 6.92 Å². The van der Waals surface area contributed by atoms with Crippen LogP contribution in [0.3, 0.4) is 0 Å². The second-order valence-corrected chi connectivity index (χ2v) is 7.49. The zero-order chi connectivity index (χ0) is 24.1. The van der Waals surface area contributed by atoms with Crippen LogP contribution in [-0.4, -0.2) is 47.6 Å². The minimum absolute atomic E-state index is 0.101. The number of fused-ring (bicyclic) bond motifs is 1. The zero-order valence-corrected chi connectivity index (χ0v) is 18.4. The van der Waals surface area contributed by atoms with Gasteiger partial charge in [0.15, 0.2) is 0 Å². The molecule has 1 aromatic carbocycles. The first-order valence-corrected chi connectivity index (χ1v) is 10.6. The molecule has 1 aliphatic heterocycles. The number of furan rings is 1. The minimum atomic E-state index is -0.925. The standard InChI is InChI=1S/C23H25N3O7/c1-3-32-23(31)17-13(2)33-20(18(17)19(24)28)25-16(27)11-5-4-8-12-26-21(29)14-9-6-7-10-15(14)22(26)30/h6-7,9-10H,3-5,8,11-12H2,1-2H3,(H2,24,28)(H,25,27). The highest BCUT2D eigenvalue weighted by atomic mass is 16.5. The molecular formula is C23H25N3O7. The summed E-state index contributed by atoms with van der Waals surface area (Å²) in [5.41, 5.74) is 5.84. The third kappa shape index (κ3) is 4.94. The van der Waals surface area contributed by atoms with Crippen molar-refractivity contribution < 1.29 is 33.1 Å². The molecule has 3 rings (SSSR count). The number of carbonyl (C=O) groups is 5. The number of hydrogen-bond donors (Lipinski definition) is 2. The summed E-state index contributed by atoms with van der Waals surface area (Å²) in [5, 5.41) is 2.48. The Balaban J connectivity index is 1.50. The van der Waals surface area contributed by atoms with E-state index >= 15 is 0 Å². The Hall–Kier alpha value is -3.95. The number of amides is 4. The smallest absolute Gasteiger partial charge is 0.342 e. The Morgan fingerprint density at radius 2 is 1.67 bits per heavy atom. The summed E-state index contributed by atoms with van der Waals surface area (Å²) in [4.78, 5) is 62.2. The molecule has 0 fully saturated rings. The molecule has 0 unspecified atom stereocenters. The Bertz CT molecular complexity index is 1080. The molecule has 0 saturated heterocycles. The Morgan fingerprint density at radius 3 is 2.24 bits per heavy atom. The van der Waals surface area contributed by atoms with Gasteiger partial charge in [-0.2, -0.15) is 0 Å². The number of ether oxygens (including phenoxy) is 1. The predicted molar refractivity (Wildman–Crippen MR) is 117 cm³/mol. The van der Waals surface area contributed by atoms with Crippen LogP contribution in [0.4, 0.5) is 5.88 Å². The number of nitrogens with two attached hydrogens (primary N) is 1. The molecule has 2 heterocycles. The fraction of sp³-hybridized carbons (Fsp3) is 0.348. The molecule has 1 aromatic heterocycles. The van der Waals surface area contributed by atoms with E-state index in [-0.39, 0.29) is 54.2 Å². The van der Waals surface area contributed by atoms with Crippen molar-refractivity contribution in [2.75, 3.05) is 18.5 Å². The number of nitrogens with zero attached hydrogens (tertiary/aromatic N) is 1. The van der Waals surface area contributed by atoms with Gasteiger partial charge in [0.05, 0.1) is 17.7 Å². The average Bonchev–Trinajstić information content (AvgIpc) is 3.22. The van der Waals surface area contributed by atoms with Crippen molar-refractivity contribution in [1.82, 2.24) is 4.90 Å². The summed E-state index contributed by atoms with van der Waals surface area (Å²) in [5.74, 6) is -2.82. The summed E-state index contributed by atoms with van der Waals surface area (Å²) in [7, 11) is 0. The van der Waals surface area contributed by atoms with Crippen molar-refractivity contribution in [3.63, 3.8) is 0 Å². The molecule has 3 N–H and O–H groups in total. The second-order valence-electron chi connectivity index (χ2n) is 7.49. The van der Waals surface area contributed by atoms with E-state index in [0.29, 0.717) is 30.4 Å². The van der Waals surface area contributed by atoms with Gasteiger partial charge in [-0.05, 0) is 38.8 Å². The molecule has 0 aliphatic carbocycles. The van der Waals surface area contributed by atoms with E-state index in [9.17, 15) is 24.0 Å². The second kappa shape index (κ2) is 10.1. The lowest BCUT2D eigenvalue weighted by Crippen LogP contribution is -2.30. The maximum Gasteiger partial charge on any atom is 0.342 e. The number of imide groups is 1. The van der Waals surface area contributed by atoms with Gasteiger partial charge in [0, 0.05) is 13.0 Å². The van der Waals surface area contributed by atoms with Gasteiger partial charge in [0.25, 0.3) is 17.7 Å². The largest absolute Gasteiger partial charge is 0.462 e. The monoisotopic (exact) mass is 455 g/mol. The van der Waals surface area contributed by atoms with Crippen molar-refractivity contribution in [2.45, 2.75) is 39.5 Å². The first kappa shape index (κ1) is 23.7. The van der Waals surface area contributed by atoms with E-state index in [0.717, 1.165) is 0 Å². The molecular weight excluding hydrogens is 430 g/mol. The Labute approximate surface area is 190 Å². The third-order valence-electron chi connectivity index (χ3n) is 5.23. The van der Waals surface area contributed by atoms with Crippen LogP contribution >= 0.6 is 0 Å². The van der Waals surface area contributed by atoms with Gasteiger partial charge < -0.3 is 14.9 Å². The van der Waals surface area contributed by atoms with Crippen LogP contribution in [0.5, 0.6) is 0 Å². The third-order valence-corrected chi connectivity index (χ3v) is 5.23. The van der Waals surface area contributed by atoms with Gasteiger partial charge >= 0.3 is 5.97 Å². The molecule has 1 aliphatic rings. The molecule has 0 spiro atoms. The number of primary amides is 1. The number of benzene rings is 1. The summed E-state index contributed by atoms with van der Waals surface area (Å²) in [6.45, 7) is 3.45. The van der Waals surface area contributed by atoms with E-state index < -0.39 is 17.8 Å². The van der Waals surface area contributed by atoms with E-state index in [1.54, 1.807) is 31.2 Å². The highest BCUT2D eigenvalue weighted by molar-refractivity contribution is 6.21. The molecule has 33 heavy (non-hydrogen) atoms. The molecule has 174 valence electrons. The fourth-order valence-corrected chi connectivity index (χ4v) is 3.68. The van der Waals surface area contributed by atoms with Crippen LogP contribution in [0.2, 0.25) is 0 Å². The van der Waals surface area contributed by atoms with Gasteiger partial charge in [-0.1, -0.05) is 18.6 Å². The molecule has 0 saturated carbocycles. The van der Waals surface area contributed by atoms with E-state index in [2.05, 4.69) is 5.32 Å². The highest BCUT2D eigenvalue weighted by Crippen LogP contribution is 2.28. The molecule has 0 bridgehead atoms. The number of esters is 1. The van der Waals surface area contributed by atoms with E-state index in [1.165, 1.54) is 11.8 Å². The fourth-order valence-electron chi connectivity index (χ4n) is 3.68. The quantitative estimate of drug-likeness (QED) is 0.318. The number of rotatable bonds is 10. The lowest BCUT2D eigenvalue weighted by molar-refractivity contribution is -0.116. The van der Waals surface area contributed by atoms with Gasteiger partial charge in [-0.25, -0.2) is 4.79 Å². The summed E-state index contributed by atoms with van der Waals surface area (Å²) in [6.07, 6.45) is 1.72. The predicted octanol–water partition coefficient (Wildman–Crippen LogP) is 2.66. The lowest BCUT2D eigenvalue weighted by Gasteiger charge is -2.13. The lowest BCUT2D eigenvalue weighted by atomic mass is 10.1. The molecule has 10 nitrogen and oxygen atoms in total. The van der Waals surface area contributed by atoms with Crippen LogP contribution in [-0.2, 0) is 9.53 Å². The van der Waals surface area contributed by atoms with Crippen molar-refractivity contribution in [2.24, 2.45) is 5.73 Å². The molecule has 4 amide bonds. The maximum atomic E-state index is 12.3. The normalized spacial score (nSPS) is 12.6. The molecule has 0 atom stereocenters. The number of carbonyl (C=O) groups excluding carboxylic acids is 5. The first-order valence-electron chi connectivity index (χ1n) is 10.6. The molecule has 0 radical (unpaired) electrons. The topological polar surface area (TPSA) is 149 Å². The molecule has 10 heteroatoms. The average molecular weight is 455 g/mol. The first-order chi connectivity index (χ1) is 15.8. The molecule has 2 aromatic rings. The Kier molecular flexibility index (Phi) is 7.27. The summed E-state index contributed by atoms with van der Waals surface area (Å²) >= 11 is 0. The van der Waals surface area contributed by atoms with Crippen molar-refractivity contribution in [3.8, 4) is 0 Å². The number of hydrogen-bond acceptors (Lipinski definition) is 7. The number of nitrogens with one attached hydrogen (secondary N) is 1. The highest BCUT2D eigenvalue weighted by Gasteiger charge is 2.34.